The average molecular weight is 230 g/mol. The summed E-state index contributed by atoms with van der Waals surface area (Å²) in [5.41, 5.74) is 0. The summed E-state index contributed by atoms with van der Waals surface area (Å²) in [6, 6.07) is 0.0670. The second kappa shape index (κ2) is 6.06. The van der Waals surface area contributed by atoms with E-state index in [0.717, 1.165) is 25.9 Å². The van der Waals surface area contributed by atoms with E-state index in [4.69, 9.17) is 0 Å². The number of ether oxygens (including phenoxy) is 1. The molecule has 1 aliphatic rings. The number of carbonyl (C=O) groups excluding carboxylic acids is 1. The average Bonchev–Trinajstić information content (AvgIpc) is 2.27. The third-order valence-corrected chi connectivity index (χ3v) is 3.14. The Morgan fingerprint density at radius 2 is 2.31 bits per heavy atom. The molecule has 0 aromatic rings. The van der Waals surface area contributed by atoms with Crippen molar-refractivity contribution in [2.24, 2.45) is 5.92 Å². The topological polar surface area (TPSA) is 61.8 Å². The highest BCUT2D eigenvalue weighted by Crippen LogP contribution is 2.20. The molecule has 1 aliphatic heterocycles. The molecule has 1 saturated heterocycles. The molecule has 94 valence electrons. The summed E-state index contributed by atoms with van der Waals surface area (Å²) in [4.78, 5) is 13.3. The van der Waals surface area contributed by atoms with Crippen molar-refractivity contribution in [3.8, 4) is 0 Å². The van der Waals surface area contributed by atoms with Crippen LogP contribution in [-0.4, -0.2) is 55.5 Å². The monoisotopic (exact) mass is 230 g/mol. The van der Waals surface area contributed by atoms with Crippen LogP contribution in [-0.2, 0) is 4.74 Å². The van der Waals surface area contributed by atoms with Gasteiger partial charge in [0.25, 0.3) is 0 Å². The lowest BCUT2D eigenvalue weighted by molar-refractivity contribution is 0.0439. The zero-order valence-corrected chi connectivity index (χ0v) is 10.3. The van der Waals surface area contributed by atoms with Crippen molar-refractivity contribution in [1.82, 2.24) is 10.2 Å². The van der Waals surface area contributed by atoms with Gasteiger partial charge < -0.3 is 20.1 Å². The SMILES string of the molecule is CCC(O)C1CC(NC(=O)OC)CN(C)C1. The standard InChI is InChI=1S/C11H22N2O3/c1-4-10(14)8-5-9(7-13(2)6-8)12-11(15)16-3/h8-10,14H,4-7H2,1-3H3,(H,12,15). The molecule has 0 spiro atoms. The quantitative estimate of drug-likeness (QED) is 0.738. The molecule has 3 atom stereocenters. The molecule has 16 heavy (non-hydrogen) atoms. The fourth-order valence-corrected chi connectivity index (χ4v) is 2.31. The summed E-state index contributed by atoms with van der Waals surface area (Å²) < 4.78 is 4.58. The van der Waals surface area contributed by atoms with Gasteiger partial charge in [-0.25, -0.2) is 4.79 Å². The number of rotatable bonds is 3. The second-order valence-electron chi connectivity index (χ2n) is 4.53. The van der Waals surface area contributed by atoms with E-state index in [1.807, 2.05) is 14.0 Å². The Hall–Kier alpha value is -0.810. The van der Waals surface area contributed by atoms with Gasteiger partial charge >= 0.3 is 6.09 Å². The van der Waals surface area contributed by atoms with Crippen LogP contribution in [0.4, 0.5) is 4.79 Å². The van der Waals surface area contributed by atoms with Crippen LogP contribution in [0.3, 0.4) is 0 Å². The molecule has 2 N–H and O–H groups in total. The van der Waals surface area contributed by atoms with E-state index >= 15 is 0 Å². The number of aliphatic hydroxyl groups is 1. The van der Waals surface area contributed by atoms with Gasteiger partial charge in [0, 0.05) is 19.1 Å². The maximum atomic E-state index is 11.1. The molecule has 0 radical (unpaired) electrons. The lowest BCUT2D eigenvalue weighted by Gasteiger charge is -2.37. The van der Waals surface area contributed by atoms with E-state index in [0.29, 0.717) is 0 Å². The van der Waals surface area contributed by atoms with Crippen LogP contribution in [0.1, 0.15) is 19.8 Å². The maximum absolute atomic E-state index is 11.1. The number of likely N-dealkylation sites (tertiary alicyclic amines) is 1. The zero-order valence-electron chi connectivity index (χ0n) is 10.3. The van der Waals surface area contributed by atoms with Crippen molar-refractivity contribution in [1.29, 1.82) is 0 Å². The zero-order chi connectivity index (χ0) is 12.1. The molecule has 5 nitrogen and oxygen atoms in total. The van der Waals surface area contributed by atoms with Crippen LogP contribution in [0.25, 0.3) is 0 Å². The van der Waals surface area contributed by atoms with E-state index in [1.54, 1.807) is 0 Å². The minimum absolute atomic E-state index is 0.0670. The summed E-state index contributed by atoms with van der Waals surface area (Å²) in [7, 11) is 3.36. The van der Waals surface area contributed by atoms with Crippen LogP contribution < -0.4 is 5.32 Å². The van der Waals surface area contributed by atoms with Crippen molar-refractivity contribution >= 4 is 6.09 Å². The van der Waals surface area contributed by atoms with Crippen molar-refractivity contribution in [3.05, 3.63) is 0 Å². The molecule has 0 aromatic heterocycles. The van der Waals surface area contributed by atoms with Crippen molar-refractivity contribution in [3.63, 3.8) is 0 Å². The van der Waals surface area contributed by atoms with Gasteiger partial charge in [-0.1, -0.05) is 6.92 Å². The molecule has 0 aromatic carbocycles. The Morgan fingerprint density at radius 1 is 1.62 bits per heavy atom. The molecule has 1 rings (SSSR count). The minimum Gasteiger partial charge on any atom is -0.453 e. The van der Waals surface area contributed by atoms with E-state index in [9.17, 15) is 9.90 Å². The van der Waals surface area contributed by atoms with Gasteiger partial charge in [-0.2, -0.15) is 0 Å². The van der Waals surface area contributed by atoms with Gasteiger partial charge in [-0.05, 0) is 25.8 Å². The Labute approximate surface area is 96.8 Å². The van der Waals surface area contributed by atoms with Crippen LogP contribution in [0.15, 0.2) is 0 Å². The van der Waals surface area contributed by atoms with E-state index in [-0.39, 0.29) is 18.1 Å². The number of likely N-dealkylation sites (N-methyl/N-ethyl adjacent to an activating group) is 1. The summed E-state index contributed by atoms with van der Waals surface area (Å²) in [5, 5.41) is 12.6. The van der Waals surface area contributed by atoms with Gasteiger partial charge in [0.2, 0.25) is 0 Å². The summed E-state index contributed by atoms with van der Waals surface area (Å²) in [5.74, 6) is 0.228. The number of amides is 1. The molecule has 0 bridgehead atoms. The first-order chi connectivity index (χ1) is 7.56. The highest BCUT2D eigenvalue weighted by Gasteiger charge is 2.30. The third kappa shape index (κ3) is 3.64. The van der Waals surface area contributed by atoms with E-state index in [1.165, 1.54) is 7.11 Å². The van der Waals surface area contributed by atoms with E-state index < -0.39 is 6.09 Å². The summed E-state index contributed by atoms with van der Waals surface area (Å²) in [6.07, 6.45) is 0.882. The molecule has 1 fully saturated rings. The number of hydrogen-bond acceptors (Lipinski definition) is 4. The van der Waals surface area contributed by atoms with Crippen LogP contribution in [0.5, 0.6) is 0 Å². The number of piperidine rings is 1. The molecular formula is C11H22N2O3. The predicted octanol–water partition coefficient (Wildman–Crippen LogP) is 0.434. The van der Waals surface area contributed by atoms with Gasteiger partial charge in [-0.15, -0.1) is 0 Å². The fourth-order valence-electron chi connectivity index (χ4n) is 2.31. The number of hydrogen-bond donors (Lipinski definition) is 2. The molecule has 0 saturated carbocycles. The number of nitrogens with one attached hydrogen (secondary N) is 1. The first-order valence-corrected chi connectivity index (χ1v) is 5.77. The molecule has 3 unspecified atom stereocenters. The first kappa shape index (κ1) is 13.3. The van der Waals surface area contributed by atoms with Crippen LogP contribution >= 0.6 is 0 Å². The lowest BCUT2D eigenvalue weighted by Crippen LogP contribution is -2.51. The largest absolute Gasteiger partial charge is 0.453 e. The molecular weight excluding hydrogens is 208 g/mol. The van der Waals surface area contributed by atoms with Crippen LogP contribution in [0.2, 0.25) is 0 Å². The van der Waals surface area contributed by atoms with Gasteiger partial charge in [0.1, 0.15) is 0 Å². The van der Waals surface area contributed by atoms with Gasteiger partial charge in [-0.3, -0.25) is 0 Å². The van der Waals surface area contributed by atoms with Crippen LogP contribution in [0, 0.1) is 5.92 Å². The Morgan fingerprint density at radius 3 is 2.88 bits per heavy atom. The van der Waals surface area contributed by atoms with Crippen molar-refractivity contribution < 1.29 is 14.6 Å². The smallest absolute Gasteiger partial charge is 0.407 e. The third-order valence-electron chi connectivity index (χ3n) is 3.14. The minimum atomic E-state index is -0.398. The second-order valence-corrected chi connectivity index (χ2v) is 4.53. The molecule has 1 amide bonds. The highest BCUT2D eigenvalue weighted by molar-refractivity contribution is 5.67. The Balaban J connectivity index is 2.50. The van der Waals surface area contributed by atoms with Gasteiger partial charge in [0.15, 0.2) is 0 Å². The van der Waals surface area contributed by atoms with Gasteiger partial charge in [0.05, 0.1) is 13.2 Å². The number of methoxy groups -OCH3 is 1. The molecule has 5 heteroatoms. The van der Waals surface area contributed by atoms with Crippen molar-refractivity contribution in [2.45, 2.75) is 31.9 Å². The lowest BCUT2D eigenvalue weighted by atomic mass is 9.89. The van der Waals surface area contributed by atoms with Crippen molar-refractivity contribution in [2.75, 3.05) is 27.2 Å². The van der Waals surface area contributed by atoms with E-state index in [2.05, 4.69) is 15.0 Å². The predicted molar refractivity (Wildman–Crippen MR) is 61.2 cm³/mol. The number of nitrogens with zero attached hydrogens (tertiary/aromatic N) is 1. The number of aliphatic hydroxyl groups excluding tert-OH is 1. The molecule has 0 aliphatic carbocycles. The normalized spacial score (nSPS) is 28.5. The molecule has 1 heterocycles. The maximum Gasteiger partial charge on any atom is 0.407 e. The fraction of sp³-hybridized carbons (Fsp3) is 0.909. The summed E-state index contributed by atoms with van der Waals surface area (Å²) >= 11 is 0. The first-order valence-electron chi connectivity index (χ1n) is 5.77. The summed E-state index contributed by atoms with van der Waals surface area (Å²) in [6.45, 7) is 3.67. The number of carbonyl (C=O) groups is 1. The number of alkyl carbamates (subject to hydrolysis) is 1. The highest BCUT2D eigenvalue weighted by atomic mass is 16.5. The Kier molecular flexibility index (Phi) is 5.02. The Bertz CT molecular complexity index is 235.